The van der Waals surface area contributed by atoms with Crippen LogP contribution in [0, 0.1) is 13.8 Å². The monoisotopic (exact) mass is 409 g/mol. The quantitative estimate of drug-likeness (QED) is 0.450. The first-order valence-corrected chi connectivity index (χ1v) is 9.54. The van der Waals surface area contributed by atoms with Gasteiger partial charge in [0.2, 0.25) is 5.78 Å². The van der Waals surface area contributed by atoms with Gasteiger partial charge in [-0.15, -0.1) is 0 Å². The summed E-state index contributed by atoms with van der Waals surface area (Å²) in [5, 5.41) is 0. The molecule has 0 atom stereocenters. The lowest BCUT2D eigenvalue weighted by Gasteiger charge is -2.10. The number of H-pyrrole nitrogens is 1. The van der Waals surface area contributed by atoms with Crippen molar-refractivity contribution in [1.82, 2.24) is 14.1 Å². The molecule has 1 N–H and O–H groups in total. The molecule has 0 aliphatic rings. The van der Waals surface area contributed by atoms with Crippen molar-refractivity contribution in [2.24, 2.45) is 0 Å². The topological polar surface area (TPSA) is 103 Å². The minimum Gasteiger partial charge on any atom is -0.456 e. The van der Waals surface area contributed by atoms with Gasteiger partial charge in [0.25, 0.3) is 5.56 Å². The predicted molar refractivity (Wildman–Crippen MR) is 111 cm³/mol. The van der Waals surface area contributed by atoms with Gasteiger partial charge in [0.05, 0.1) is 0 Å². The third-order valence-corrected chi connectivity index (χ3v) is 4.90. The molecule has 0 saturated heterocycles. The first-order valence-electron chi connectivity index (χ1n) is 9.54. The van der Waals surface area contributed by atoms with Crippen LogP contribution < -0.4 is 11.2 Å². The van der Waals surface area contributed by atoms with E-state index in [4.69, 9.17) is 4.74 Å². The summed E-state index contributed by atoms with van der Waals surface area (Å²) in [7, 11) is 0. The van der Waals surface area contributed by atoms with Crippen LogP contribution in [0.1, 0.15) is 27.3 Å². The fraction of sp³-hybridized carbons (Fsp3) is 0.273. The third kappa shape index (κ3) is 5.02. The van der Waals surface area contributed by atoms with E-state index >= 15 is 0 Å². The first-order chi connectivity index (χ1) is 14.3. The summed E-state index contributed by atoms with van der Waals surface area (Å²) >= 11 is 0. The van der Waals surface area contributed by atoms with Crippen LogP contribution in [0.15, 0.2) is 58.3 Å². The molecule has 2 heterocycles. The van der Waals surface area contributed by atoms with E-state index in [1.54, 1.807) is 6.07 Å². The predicted octanol–water partition coefficient (Wildman–Crippen LogP) is 1.62. The normalized spacial score (nSPS) is 10.7. The summed E-state index contributed by atoms with van der Waals surface area (Å²) in [5.41, 5.74) is 2.23. The highest BCUT2D eigenvalue weighted by molar-refractivity contribution is 5.99. The standard InChI is InChI=1S/C22H23N3O5/c1-15-12-18(16(2)25(15)11-8-17-6-4-3-5-7-17)19(26)14-30-21(28)13-24-10-9-20(27)23-22(24)29/h3-7,9-10,12H,8,11,13-14H2,1-2H3,(H,23,27,29). The molecule has 8 heteroatoms. The molecule has 156 valence electrons. The van der Waals surface area contributed by atoms with Crippen molar-refractivity contribution in [2.75, 3.05) is 6.61 Å². The number of ether oxygens (including phenoxy) is 1. The molecule has 0 unspecified atom stereocenters. The number of carbonyl (C=O) groups excluding carboxylic acids is 2. The number of nitrogens with zero attached hydrogens (tertiary/aromatic N) is 2. The molecule has 8 nitrogen and oxygen atoms in total. The van der Waals surface area contributed by atoms with Gasteiger partial charge in [-0.05, 0) is 31.9 Å². The van der Waals surface area contributed by atoms with Gasteiger partial charge in [0, 0.05) is 35.8 Å². The van der Waals surface area contributed by atoms with E-state index in [1.807, 2.05) is 37.0 Å². The second-order valence-corrected chi connectivity index (χ2v) is 6.99. The molecule has 0 spiro atoms. The van der Waals surface area contributed by atoms with Crippen molar-refractivity contribution in [2.45, 2.75) is 33.4 Å². The number of esters is 1. The molecular formula is C22H23N3O5. The molecule has 0 aliphatic heterocycles. The number of hydrogen-bond acceptors (Lipinski definition) is 5. The van der Waals surface area contributed by atoms with Crippen molar-refractivity contribution in [3.8, 4) is 0 Å². The van der Waals surface area contributed by atoms with Gasteiger partial charge < -0.3 is 9.30 Å². The summed E-state index contributed by atoms with van der Waals surface area (Å²) in [6.07, 6.45) is 2.04. The molecule has 3 aromatic rings. The highest BCUT2D eigenvalue weighted by Crippen LogP contribution is 2.17. The van der Waals surface area contributed by atoms with Crippen LogP contribution in [0.25, 0.3) is 0 Å². The van der Waals surface area contributed by atoms with Gasteiger partial charge in [-0.2, -0.15) is 0 Å². The fourth-order valence-corrected chi connectivity index (χ4v) is 3.29. The van der Waals surface area contributed by atoms with Gasteiger partial charge in [0.1, 0.15) is 6.54 Å². The number of rotatable bonds is 8. The van der Waals surface area contributed by atoms with E-state index in [0.29, 0.717) is 5.56 Å². The number of Topliss-reactive ketones (excluding diaryl/α,β-unsaturated/α-hetero) is 1. The Morgan fingerprint density at radius 1 is 1.07 bits per heavy atom. The van der Waals surface area contributed by atoms with Crippen LogP contribution >= 0.6 is 0 Å². The molecule has 30 heavy (non-hydrogen) atoms. The second kappa shape index (κ2) is 9.21. The van der Waals surface area contributed by atoms with Crippen LogP contribution in [0.5, 0.6) is 0 Å². The Morgan fingerprint density at radius 2 is 1.80 bits per heavy atom. The smallest absolute Gasteiger partial charge is 0.328 e. The van der Waals surface area contributed by atoms with E-state index in [1.165, 1.54) is 11.8 Å². The zero-order valence-corrected chi connectivity index (χ0v) is 16.9. The lowest BCUT2D eigenvalue weighted by Crippen LogP contribution is -2.31. The average molecular weight is 409 g/mol. The number of aryl methyl sites for hydroxylation is 2. The van der Waals surface area contributed by atoms with Crippen LogP contribution in [0.4, 0.5) is 0 Å². The van der Waals surface area contributed by atoms with Gasteiger partial charge in [-0.3, -0.25) is 23.9 Å². The van der Waals surface area contributed by atoms with Crippen molar-refractivity contribution in [1.29, 1.82) is 0 Å². The van der Waals surface area contributed by atoms with E-state index in [2.05, 4.69) is 16.7 Å². The average Bonchev–Trinajstić information content (AvgIpc) is 3.01. The maximum Gasteiger partial charge on any atom is 0.328 e. The number of aromatic nitrogens is 3. The number of carbonyl (C=O) groups is 2. The summed E-state index contributed by atoms with van der Waals surface area (Å²) in [6, 6.07) is 13.0. The number of nitrogens with one attached hydrogen (secondary N) is 1. The second-order valence-electron chi connectivity index (χ2n) is 6.99. The lowest BCUT2D eigenvalue weighted by atomic mass is 10.1. The molecule has 3 rings (SSSR count). The van der Waals surface area contributed by atoms with Gasteiger partial charge >= 0.3 is 11.7 Å². The number of hydrogen-bond donors (Lipinski definition) is 1. The highest BCUT2D eigenvalue weighted by Gasteiger charge is 2.17. The van der Waals surface area contributed by atoms with Gasteiger partial charge in [0.15, 0.2) is 6.61 Å². The number of ketones is 1. The summed E-state index contributed by atoms with van der Waals surface area (Å²) in [4.78, 5) is 49.3. The molecular weight excluding hydrogens is 386 g/mol. The van der Waals surface area contributed by atoms with E-state index in [0.717, 1.165) is 35.0 Å². The SMILES string of the molecule is Cc1cc(C(=O)COC(=O)Cn2ccc(=O)[nH]c2=O)c(C)n1CCc1ccccc1. The molecule has 0 aliphatic carbocycles. The van der Waals surface area contributed by atoms with Crippen molar-refractivity contribution < 1.29 is 14.3 Å². The van der Waals surface area contributed by atoms with Crippen LogP contribution in [0.3, 0.4) is 0 Å². The minimum absolute atomic E-state index is 0.309. The third-order valence-electron chi connectivity index (χ3n) is 4.90. The van der Waals surface area contributed by atoms with E-state index in [9.17, 15) is 19.2 Å². The number of aromatic amines is 1. The summed E-state index contributed by atoms with van der Waals surface area (Å²) in [5.74, 6) is -1.05. The van der Waals surface area contributed by atoms with Crippen LogP contribution in [-0.4, -0.2) is 32.5 Å². The van der Waals surface area contributed by atoms with Crippen molar-refractivity contribution in [3.63, 3.8) is 0 Å². The van der Waals surface area contributed by atoms with Crippen molar-refractivity contribution in [3.05, 3.63) is 92.0 Å². The molecule has 1 aromatic carbocycles. The number of benzene rings is 1. The molecule has 0 radical (unpaired) electrons. The molecule has 0 saturated carbocycles. The van der Waals surface area contributed by atoms with Crippen LogP contribution in [-0.2, 0) is 29.0 Å². The Morgan fingerprint density at radius 3 is 2.50 bits per heavy atom. The molecule has 0 amide bonds. The minimum atomic E-state index is -0.740. The summed E-state index contributed by atoms with van der Waals surface area (Å²) in [6.45, 7) is 3.74. The van der Waals surface area contributed by atoms with Gasteiger partial charge in [-0.25, -0.2) is 4.79 Å². The molecule has 0 fully saturated rings. The Hall–Kier alpha value is -3.68. The van der Waals surface area contributed by atoms with Crippen molar-refractivity contribution >= 4 is 11.8 Å². The van der Waals surface area contributed by atoms with Gasteiger partial charge in [-0.1, -0.05) is 30.3 Å². The molecule has 0 bridgehead atoms. The highest BCUT2D eigenvalue weighted by atomic mass is 16.5. The Labute approximate surface area is 172 Å². The first kappa shape index (κ1) is 21.0. The van der Waals surface area contributed by atoms with E-state index < -0.39 is 23.8 Å². The van der Waals surface area contributed by atoms with Crippen LogP contribution in [0.2, 0.25) is 0 Å². The lowest BCUT2D eigenvalue weighted by molar-refractivity contribution is -0.143. The summed E-state index contributed by atoms with van der Waals surface area (Å²) < 4.78 is 8.11. The Balaban J connectivity index is 1.60. The maximum atomic E-state index is 12.6. The zero-order valence-electron chi connectivity index (χ0n) is 16.9. The largest absolute Gasteiger partial charge is 0.456 e. The molecule has 2 aromatic heterocycles. The maximum absolute atomic E-state index is 12.6. The Kier molecular flexibility index (Phi) is 6.46. The van der Waals surface area contributed by atoms with E-state index in [-0.39, 0.29) is 12.3 Å². The zero-order chi connectivity index (χ0) is 21.7. The Bertz CT molecular complexity index is 1170. The fourth-order valence-electron chi connectivity index (χ4n) is 3.29.